The van der Waals surface area contributed by atoms with Crippen LogP contribution in [0.2, 0.25) is 5.02 Å². The lowest BCUT2D eigenvalue weighted by Gasteiger charge is -2.36. The molecule has 3 aromatic rings. The molecule has 1 aliphatic carbocycles. The van der Waals surface area contributed by atoms with Gasteiger partial charge in [-0.25, -0.2) is 0 Å². The third-order valence-electron chi connectivity index (χ3n) is 7.11. The molecule has 1 atom stereocenters. The van der Waals surface area contributed by atoms with E-state index in [1.165, 1.54) is 6.42 Å². The number of aromatic nitrogens is 2. The zero-order valence-corrected chi connectivity index (χ0v) is 21.8. The quantitative estimate of drug-likeness (QED) is 0.289. The minimum absolute atomic E-state index is 0.0677. The van der Waals surface area contributed by atoms with Crippen LogP contribution in [0.25, 0.3) is 0 Å². The van der Waals surface area contributed by atoms with E-state index in [1.807, 2.05) is 55.5 Å². The SMILES string of the molecule is Cc1ccc(COCC[N+](C)(C)Cc2nnc(C(O)(c3ccccc3)C3CCCCC3)o2)cc1Cl. The first-order valence-corrected chi connectivity index (χ1v) is 12.9. The highest BCUT2D eigenvalue weighted by atomic mass is 35.5. The van der Waals surface area contributed by atoms with Gasteiger partial charge in [0.2, 0.25) is 0 Å². The molecule has 0 aliphatic heterocycles. The summed E-state index contributed by atoms with van der Waals surface area (Å²) in [6.45, 7) is 4.45. The lowest BCUT2D eigenvalue weighted by atomic mass is 9.73. The van der Waals surface area contributed by atoms with Crippen LogP contribution in [0, 0.1) is 12.8 Å². The number of aliphatic hydroxyl groups is 1. The van der Waals surface area contributed by atoms with Crippen LogP contribution in [0.5, 0.6) is 0 Å². The Morgan fingerprint density at radius 2 is 1.83 bits per heavy atom. The van der Waals surface area contributed by atoms with Gasteiger partial charge in [0.15, 0.2) is 12.1 Å². The van der Waals surface area contributed by atoms with Crippen molar-refractivity contribution in [2.24, 2.45) is 5.92 Å². The molecule has 1 saturated carbocycles. The molecule has 0 amide bonds. The van der Waals surface area contributed by atoms with Crippen molar-refractivity contribution in [1.82, 2.24) is 10.2 Å². The van der Waals surface area contributed by atoms with Gasteiger partial charge in [0.1, 0.15) is 6.54 Å². The summed E-state index contributed by atoms with van der Waals surface area (Å²) >= 11 is 6.21. The molecule has 6 nitrogen and oxygen atoms in total. The van der Waals surface area contributed by atoms with Gasteiger partial charge in [-0.05, 0) is 42.5 Å². The molecule has 0 radical (unpaired) electrons. The number of likely N-dealkylation sites (N-methyl/N-ethyl adjacent to an activating group) is 1. The monoisotopic (exact) mass is 498 g/mol. The first kappa shape index (κ1) is 25.8. The van der Waals surface area contributed by atoms with E-state index in [0.717, 1.165) is 53.9 Å². The molecule has 1 fully saturated rings. The molecule has 188 valence electrons. The Kier molecular flexibility index (Phi) is 8.27. The maximum atomic E-state index is 12.0. The van der Waals surface area contributed by atoms with Crippen LogP contribution in [0.3, 0.4) is 0 Å². The van der Waals surface area contributed by atoms with E-state index in [2.05, 4.69) is 24.3 Å². The van der Waals surface area contributed by atoms with E-state index in [1.54, 1.807) is 0 Å². The molecule has 35 heavy (non-hydrogen) atoms. The topological polar surface area (TPSA) is 68.4 Å². The molecule has 4 rings (SSSR count). The standard InChI is InChI=1S/C28H37ClN3O3/c1-21-14-15-22(18-25(21)29)20-34-17-16-32(2,3)19-26-30-31-27(35-26)28(33,23-10-6-4-7-11-23)24-12-8-5-9-13-24/h4,6-7,10-11,14-15,18,24,33H,5,8-9,12-13,16-17,19-20H2,1-3H3/q+1. The summed E-state index contributed by atoms with van der Waals surface area (Å²) in [7, 11) is 4.22. The summed E-state index contributed by atoms with van der Waals surface area (Å²) in [4.78, 5) is 0. The van der Waals surface area contributed by atoms with Crippen molar-refractivity contribution < 1.29 is 18.7 Å². The maximum absolute atomic E-state index is 12.0. The van der Waals surface area contributed by atoms with Crippen LogP contribution in [-0.4, -0.2) is 47.0 Å². The van der Waals surface area contributed by atoms with Crippen molar-refractivity contribution in [3.63, 3.8) is 0 Å². The number of nitrogens with zero attached hydrogens (tertiary/aromatic N) is 3. The summed E-state index contributed by atoms with van der Waals surface area (Å²) in [6.07, 6.45) is 5.34. The number of halogens is 1. The summed E-state index contributed by atoms with van der Waals surface area (Å²) in [5.74, 6) is 0.900. The van der Waals surface area contributed by atoms with Gasteiger partial charge in [0.05, 0.1) is 27.3 Å². The minimum Gasteiger partial charge on any atom is -0.416 e. The third-order valence-corrected chi connectivity index (χ3v) is 7.52. The van der Waals surface area contributed by atoms with E-state index >= 15 is 0 Å². The van der Waals surface area contributed by atoms with Crippen LogP contribution in [0.4, 0.5) is 0 Å². The predicted molar refractivity (Wildman–Crippen MR) is 137 cm³/mol. The van der Waals surface area contributed by atoms with Gasteiger partial charge in [0, 0.05) is 10.9 Å². The highest BCUT2D eigenvalue weighted by Gasteiger charge is 2.45. The van der Waals surface area contributed by atoms with Gasteiger partial charge in [-0.15, -0.1) is 10.2 Å². The van der Waals surface area contributed by atoms with Crippen molar-refractivity contribution in [1.29, 1.82) is 0 Å². The van der Waals surface area contributed by atoms with Crippen LogP contribution in [-0.2, 0) is 23.5 Å². The highest BCUT2D eigenvalue weighted by molar-refractivity contribution is 6.31. The molecule has 1 unspecified atom stereocenters. The largest absolute Gasteiger partial charge is 0.416 e. The van der Waals surface area contributed by atoms with Crippen LogP contribution >= 0.6 is 11.6 Å². The Bertz CT molecular complexity index is 1100. The van der Waals surface area contributed by atoms with E-state index in [0.29, 0.717) is 36.0 Å². The Hall–Kier alpha value is -2.25. The molecular formula is C28H37ClN3O3+. The molecule has 0 saturated heterocycles. The number of hydrogen-bond acceptors (Lipinski definition) is 5. The zero-order chi connectivity index (χ0) is 24.9. The maximum Gasteiger partial charge on any atom is 0.271 e. The molecular weight excluding hydrogens is 462 g/mol. The fourth-order valence-electron chi connectivity index (χ4n) is 4.89. The summed E-state index contributed by atoms with van der Waals surface area (Å²) in [5.41, 5.74) is 1.69. The van der Waals surface area contributed by atoms with Crippen LogP contribution in [0.1, 0.15) is 60.6 Å². The number of hydrogen-bond donors (Lipinski definition) is 1. The molecule has 0 spiro atoms. The number of quaternary nitrogens is 1. The molecule has 7 heteroatoms. The van der Waals surface area contributed by atoms with Gasteiger partial charge < -0.3 is 18.7 Å². The first-order valence-electron chi connectivity index (χ1n) is 12.5. The second-order valence-electron chi connectivity index (χ2n) is 10.4. The normalized spacial score (nSPS) is 16.8. The van der Waals surface area contributed by atoms with Gasteiger partial charge in [-0.1, -0.05) is 73.3 Å². The Balaban J connectivity index is 1.40. The average Bonchev–Trinajstić information content (AvgIpc) is 3.33. The third kappa shape index (κ3) is 6.31. The molecule has 1 aliphatic rings. The van der Waals surface area contributed by atoms with Crippen molar-refractivity contribution >= 4 is 11.6 Å². The number of ether oxygens (including phenoxy) is 1. The molecule has 1 heterocycles. The molecule has 2 aromatic carbocycles. The summed E-state index contributed by atoms with van der Waals surface area (Å²) < 4.78 is 12.7. The van der Waals surface area contributed by atoms with Crippen molar-refractivity contribution in [2.75, 3.05) is 27.2 Å². The second kappa shape index (κ2) is 11.2. The predicted octanol–water partition coefficient (Wildman–Crippen LogP) is 5.64. The van der Waals surface area contributed by atoms with Crippen molar-refractivity contribution in [3.8, 4) is 0 Å². The summed E-state index contributed by atoms with van der Waals surface area (Å²) in [6, 6.07) is 15.8. The van der Waals surface area contributed by atoms with Crippen LogP contribution < -0.4 is 0 Å². The summed E-state index contributed by atoms with van der Waals surface area (Å²) in [5, 5.41) is 21.4. The lowest BCUT2D eigenvalue weighted by molar-refractivity contribution is -0.905. The van der Waals surface area contributed by atoms with E-state index < -0.39 is 5.60 Å². The Morgan fingerprint density at radius 3 is 2.54 bits per heavy atom. The smallest absolute Gasteiger partial charge is 0.271 e. The fourth-order valence-corrected chi connectivity index (χ4v) is 5.09. The Labute approximate surface area is 213 Å². The van der Waals surface area contributed by atoms with E-state index in [4.69, 9.17) is 20.8 Å². The van der Waals surface area contributed by atoms with Gasteiger partial charge in [-0.3, -0.25) is 0 Å². The Morgan fingerprint density at radius 1 is 1.09 bits per heavy atom. The van der Waals surface area contributed by atoms with Crippen molar-refractivity contribution in [2.45, 2.75) is 57.8 Å². The molecule has 1 N–H and O–H groups in total. The zero-order valence-electron chi connectivity index (χ0n) is 21.0. The van der Waals surface area contributed by atoms with E-state index in [-0.39, 0.29) is 5.92 Å². The fraction of sp³-hybridized carbons (Fsp3) is 0.500. The second-order valence-corrected chi connectivity index (χ2v) is 10.8. The number of benzene rings is 2. The van der Waals surface area contributed by atoms with Gasteiger partial charge >= 0.3 is 0 Å². The van der Waals surface area contributed by atoms with E-state index in [9.17, 15) is 5.11 Å². The molecule has 1 aromatic heterocycles. The lowest BCUT2D eigenvalue weighted by Crippen LogP contribution is -2.41. The van der Waals surface area contributed by atoms with Gasteiger partial charge in [-0.2, -0.15) is 0 Å². The highest BCUT2D eigenvalue weighted by Crippen LogP contribution is 2.43. The van der Waals surface area contributed by atoms with Crippen LogP contribution in [0.15, 0.2) is 52.9 Å². The number of aryl methyl sites for hydroxylation is 1. The first-order chi connectivity index (χ1) is 16.8. The number of rotatable bonds is 10. The molecule has 0 bridgehead atoms. The van der Waals surface area contributed by atoms with Crippen molar-refractivity contribution in [3.05, 3.63) is 82.0 Å². The van der Waals surface area contributed by atoms with Gasteiger partial charge in [0.25, 0.3) is 11.8 Å². The average molecular weight is 499 g/mol. The minimum atomic E-state index is -1.26.